The highest BCUT2D eigenvalue weighted by atomic mass is 16.5. The molecule has 2 aliphatic rings. The van der Waals surface area contributed by atoms with Gasteiger partial charge in [-0.1, -0.05) is 31.9 Å². The molecule has 0 radical (unpaired) electrons. The molecule has 4 amide bonds. The quantitative estimate of drug-likeness (QED) is 0.416. The molecule has 9 heteroatoms. The number of imide groups is 1. The van der Waals surface area contributed by atoms with Crippen molar-refractivity contribution >= 4 is 35.3 Å². The van der Waals surface area contributed by atoms with Gasteiger partial charge in [-0.05, 0) is 37.8 Å². The van der Waals surface area contributed by atoms with Crippen LogP contribution in [0.2, 0.25) is 0 Å². The zero-order valence-electron chi connectivity index (χ0n) is 17.0. The van der Waals surface area contributed by atoms with Gasteiger partial charge in [0.05, 0.1) is 5.69 Å². The Hall–Kier alpha value is -3.23. The number of ketones is 1. The first kappa shape index (κ1) is 21.5. The van der Waals surface area contributed by atoms with E-state index in [2.05, 4.69) is 10.6 Å². The summed E-state index contributed by atoms with van der Waals surface area (Å²) in [6, 6.07) is 5.85. The van der Waals surface area contributed by atoms with E-state index in [1.54, 1.807) is 24.3 Å². The molecule has 1 aromatic rings. The first-order valence-corrected chi connectivity index (χ1v) is 9.94. The smallest absolute Gasteiger partial charge is 0.326 e. The molecule has 1 heterocycles. The van der Waals surface area contributed by atoms with Crippen molar-refractivity contribution < 1.29 is 28.7 Å². The van der Waals surface area contributed by atoms with Gasteiger partial charge < -0.3 is 15.4 Å². The van der Waals surface area contributed by atoms with Crippen molar-refractivity contribution in [1.82, 2.24) is 10.2 Å². The van der Waals surface area contributed by atoms with Gasteiger partial charge in [0.1, 0.15) is 12.1 Å². The Bertz CT molecular complexity index is 898. The molecule has 2 atom stereocenters. The molecule has 1 saturated heterocycles. The number of amides is 4. The number of nitrogens with one attached hydrogen (secondary N) is 2. The molecule has 0 bridgehead atoms. The fraction of sp³-hybridized carbons (Fsp3) is 0.476. The monoisotopic (exact) mass is 415 g/mol. The first-order valence-electron chi connectivity index (χ1n) is 9.94. The Morgan fingerprint density at radius 3 is 2.67 bits per heavy atom. The lowest BCUT2D eigenvalue weighted by Crippen LogP contribution is -2.54. The number of urea groups is 1. The van der Waals surface area contributed by atoms with E-state index < -0.39 is 42.5 Å². The highest BCUT2D eigenvalue weighted by Gasteiger charge is 2.55. The molecule has 160 valence electrons. The third-order valence-corrected chi connectivity index (χ3v) is 5.73. The van der Waals surface area contributed by atoms with E-state index in [9.17, 15) is 24.0 Å². The summed E-state index contributed by atoms with van der Waals surface area (Å²) in [7, 11) is 0. The second-order valence-corrected chi connectivity index (χ2v) is 7.75. The summed E-state index contributed by atoms with van der Waals surface area (Å²) in [6.07, 6.45) is 3.20. The molecule has 1 aliphatic carbocycles. The van der Waals surface area contributed by atoms with Crippen LogP contribution in [-0.2, 0) is 19.1 Å². The van der Waals surface area contributed by atoms with Crippen molar-refractivity contribution in [2.24, 2.45) is 5.92 Å². The lowest BCUT2D eigenvalue weighted by Gasteiger charge is -2.36. The van der Waals surface area contributed by atoms with E-state index in [1.165, 1.54) is 6.92 Å². The fourth-order valence-electron chi connectivity index (χ4n) is 4.05. The van der Waals surface area contributed by atoms with Crippen LogP contribution in [0.3, 0.4) is 0 Å². The number of carbonyl (C=O) groups excluding carboxylic acids is 5. The highest BCUT2D eigenvalue weighted by molar-refractivity contribution is 6.09. The van der Waals surface area contributed by atoms with Crippen LogP contribution in [0.15, 0.2) is 24.3 Å². The van der Waals surface area contributed by atoms with Crippen LogP contribution in [0.4, 0.5) is 10.5 Å². The fourth-order valence-corrected chi connectivity index (χ4v) is 4.05. The van der Waals surface area contributed by atoms with E-state index in [1.807, 2.05) is 6.92 Å². The molecule has 1 aliphatic heterocycles. The Labute approximate surface area is 174 Å². The lowest BCUT2D eigenvalue weighted by molar-refractivity contribution is -0.150. The minimum Gasteiger partial charge on any atom is -0.454 e. The summed E-state index contributed by atoms with van der Waals surface area (Å²) < 4.78 is 4.93. The van der Waals surface area contributed by atoms with Gasteiger partial charge in [-0.2, -0.15) is 0 Å². The van der Waals surface area contributed by atoms with Crippen molar-refractivity contribution in [3.05, 3.63) is 29.8 Å². The summed E-state index contributed by atoms with van der Waals surface area (Å²) in [4.78, 5) is 61.8. The van der Waals surface area contributed by atoms with Crippen LogP contribution in [0, 0.1) is 5.92 Å². The predicted molar refractivity (Wildman–Crippen MR) is 107 cm³/mol. The largest absolute Gasteiger partial charge is 0.454 e. The maximum Gasteiger partial charge on any atom is 0.326 e. The Morgan fingerprint density at radius 2 is 1.97 bits per heavy atom. The number of ether oxygens (including phenoxy) is 1. The van der Waals surface area contributed by atoms with Crippen LogP contribution in [-0.4, -0.2) is 53.2 Å². The predicted octanol–water partition coefficient (Wildman–Crippen LogP) is 1.87. The molecular formula is C21H25N3O6. The lowest BCUT2D eigenvalue weighted by atomic mass is 9.73. The van der Waals surface area contributed by atoms with Crippen LogP contribution < -0.4 is 10.6 Å². The SMILES string of the molecule is CC(=O)c1ccccc1NC(=O)COC(=O)CN1C(=O)N[C@]2(CCCC[C@@H]2C)C1=O. The van der Waals surface area contributed by atoms with E-state index >= 15 is 0 Å². The second kappa shape index (κ2) is 8.64. The third-order valence-electron chi connectivity index (χ3n) is 5.73. The highest BCUT2D eigenvalue weighted by Crippen LogP contribution is 2.38. The minimum atomic E-state index is -0.955. The van der Waals surface area contributed by atoms with Crippen molar-refractivity contribution in [1.29, 1.82) is 0 Å². The van der Waals surface area contributed by atoms with Crippen molar-refractivity contribution in [3.63, 3.8) is 0 Å². The molecule has 1 saturated carbocycles. The minimum absolute atomic E-state index is 0.0177. The van der Waals surface area contributed by atoms with Gasteiger partial charge in [0.25, 0.3) is 11.8 Å². The number of nitrogens with zero attached hydrogens (tertiary/aromatic N) is 1. The van der Waals surface area contributed by atoms with Crippen molar-refractivity contribution in [2.75, 3.05) is 18.5 Å². The van der Waals surface area contributed by atoms with Crippen LogP contribution in [0.1, 0.15) is 49.9 Å². The van der Waals surface area contributed by atoms with Gasteiger partial charge in [0, 0.05) is 5.56 Å². The number of rotatable bonds is 6. The number of Topliss-reactive ketones (excluding diaryl/α,β-unsaturated/α-hetero) is 1. The molecule has 0 unspecified atom stereocenters. The van der Waals surface area contributed by atoms with Gasteiger partial charge in [-0.15, -0.1) is 0 Å². The van der Waals surface area contributed by atoms with Crippen LogP contribution in [0.25, 0.3) is 0 Å². The van der Waals surface area contributed by atoms with Gasteiger partial charge in [-0.25, -0.2) is 4.79 Å². The van der Waals surface area contributed by atoms with E-state index in [0.29, 0.717) is 17.7 Å². The molecule has 0 aromatic heterocycles. The number of carbonyl (C=O) groups is 5. The third kappa shape index (κ3) is 4.19. The Kier molecular flexibility index (Phi) is 6.19. The summed E-state index contributed by atoms with van der Waals surface area (Å²) in [6.45, 7) is 2.14. The molecule has 30 heavy (non-hydrogen) atoms. The van der Waals surface area contributed by atoms with Crippen LogP contribution in [0.5, 0.6) is 0 Å². The Balaban J connectivity index is 1.55. The average molecular weight is 415 g/mol. The maximum absolute atomic E-state index is 12.8. The summed E-state index contributed by atoms with van der Waals surface area (Å²) in [5.74, 6) is -2.15. The van der Waals surface area contributed by atoms with Crippen molar-refractivity contribution in [3.8, 4) is 0 Å². The van der Waals surface area contributed by atoms with Gasteiger partial charge in [-0.3, -0.25) is 24.1 Å². The molecule has 3 rings (SSSR count). The number of hydrogen-bond donors (Lipinski definition) is 2. The molecule has 2 fully saturated rings. The van der Waals surface area contributed by atoms with E-state index in [4.69, 9.17) is 4.74 Å². The number of para-hydroxylation sites is 1. The van der Waals surface area contributed by atoms with Gasteiger partial charge >= 0.3 is 12.0 Å². The first-order chi connectivity index (χ1) is 14.2. The number of anilines is 1. The van der Waals surface area contributed by atoms with Gasteiger partial charge in [0.15, 0.2) is 12.4 Å². The Morgan fingerprint density at radius 1 is 1.23 bits per heavy atom. The van der Waals surface area contributed by atoms with Gasteiger partial charge in [0.2, 0.25) is 0 Å². The summed E-state index contributed by atoms with van der Waals surface area (Å²) in [5.41, 5.74) is -0.305. The average Bonchev–Trinajstić information content (AvgIpc) is 2.94. The molecular weight excluding hydrogens is 390 g/mol. The zero-order chi connectivity index (χ0) is 21.9. The standard InChI is InChI=1S/C21H25N3O6/c1-13-7-5-6-10-21(13)19(28)24(20(29)23-21)11-18(27)30-12-17(26)22-16-9-4-3-8-15(16)14(2)25/h3-4,8-9,13H,5-7,10-12H2,1-2H3,(H,22,26)(H,23,29)/t13-,21-/m0/s1. The number of benzene rings is 1. The zero-order valence-corrected chi connectivity index (χ0v) is 17.0. The van der Waals surface area contributed by atoms with Crippen molar-refractivity contribution in [2.45, 2.75) is 45.1 Å². The number of hydrogen-bond acceptors (Lipinski definition) is 6. The molecule has 1 spiro atoms. The second-order valence-electron chi connectivity index (χ2n) is 7.75. The van der Waals surface area contributed by atoms with E-state index in [-0.39, 0.29) is 11.7 Å². The van der Waals surface area contributed by atoms with Crippen LogP contribution >= 0.6 is 0 Å². The molecule has 9 nitrogen and oxygen atoms in total. The normalized spacial score (nSPS) is 23.3. The molecule has 2 N–H and O–H groups in total. The van der Waals surface area contributed by atoms with E-state index in [0.717, 1.165) is 24.2 Å². The maximum atomic E-state index is 12.8. The number of esters is 1. The summed E-state index contributed by atoms with van der Waals surface area (Å²) >= 11 is 0. The summed E-state index contributed by atoms with van der Waals surface area (Å²) in [5, 5.41) is 5.27. The topological polar surface area (TPSA) is 122 Å². The molecule has 1 aromatic carbocycles.